The lowest BCUT2D eigenvalue weighted by atomic mass is 10.3. The van der Waals surface area contributed by atoms with Crippen molar-refractivity contribution < 1.29 is 4.79 Å². The van der Waals surface area contributed by atoms with Crippen molar-refractivity contribution in [3.63, 3.8) is 0 Å². The molecule has 0 fully saturated rings. The molecule has 76 valence electrons. The second-order valence-electron chi connectivity index (χ2n) is 2.54. The topological polar surface area (TPSA) is 54.9 Å². The Bertz CT molecular complexity index is 319. The Morgan fingerprint density at radius 3 is 3.00 bits per heavy atom. The van der Waals surface area contributed by atoms with Gasteiger partial charge in [-0.3, -0.25) is 10.1 Å². The van der Waals surface area contributed by atoms with Gasteiger partial charge in [-0.1, -0.05) is 11.6 Å². The molecule has 0 aliphatic heterocycles. The van der Waals surface area contributed by atoms with E-state index in [0.717, 1.165) is 0 Å². The summed E-state index contributed by atoms with van der Waals surface area (Å²) < 4.78 is 0. The summed E-state index contributed by atoms with van der Waals surface area (Å²) in [6.07, 6.45) is 2.47. The third-order valence-electron chi connectivity index (χ3n) is 1.41. The van der Waals surface area contributed by atoms with E-state index in [1.807, 2.05) is 0 Å². The van der Waals surface area contributed by atoms with Crippen molar-refractivity contribution in [1.29, 1.82) is 0 Å². The standard InChI is InChI=1S/C8H9Cl2N3O/c9-4-1-2-7(14)13-8-11-5-3-6(10)12-8/h3,5H,1-2,4H2,(H,11,12,13,14). The summed E-state index contributed by atoms with van der Waals surface area (Å²) in [6, 6.07) is 1.54. The fourth-order valence-electron chi connectivity index (χ4n) is 0.811. The van der Waals surface area contributed by atoms with Crippen LogP contribution in [0.3, 0.4) is 0 Å². The molecule has 6 heteroatoms. The van der Waals surface area contributed by atoms with E-state index in [9.17, 15) is 4.79 Å². The van der Waals surface area contributed by atoms with Crippen LogP contribution in [0.25, 0.3) is 0 Å². The van der Waals surface area contributed by atoms with Gasteiger partial charge in [0.2, 0.25) is 11.9 Å². The molecule has 0 unspecified atom stereocenters. The van der Waals surface area contributed by atoms with Crippen molar-refractivity contribution in [2.24, 2.45) is 0 Å². The molecule has 0 aliphatic carbocycles. The van der Waals surface area contributed by atoms with Crippen LogP contribution in [0.1, 0.15) is 12.8 Å². The van der Waals surface area contributed by atoms with Crippen LogP contribution in [0.2, 0.25) is 5.15 Å². The molecule has 4 nitrogen and oxygen atoms in total. The maximum Gasteiger partial charge on any atom is 0.230 e. The number of hydrogen-bond acceptors (Lipinski definition) is 3. The molecule has 0 saturated carbocycles. The molecule has 0 aromatic carbocycles. The molecule has 1 amide bonds. The average Bonchev–Trinajstić information content (AvgIpc) is 2.15. The normalized spacial score (nSPS) is 9.86. The molecule has 14 heavy (non-hydrogen) atoms. The minimum Gasteiger partial charge on any atom is -0.294 e. The zero-order valence-corrected chi connectivity index (χ0v) is 8.85. The Morgan fingerprint density at radius 1 is 1.57 bits per heavy atom. The first-order valence-corrected chi connectivity index (χ1v) is 4.98. The highest BCUT2D eigenvalue weighted by molar-refractivity contribution is 6.29. The van der Waals surface area contributed by atoms with Crippen molar-refractivity contribution >= 4 is 35.1 Å². The Hall–Kier alpha value is -0.870. The van der Waals surface area contributed by atoms with Gasteiger partial charge in [-0.25, -0.2) is 9.97 Å². The van der Waals surface area contributed by atoms with Crippen molar-refractivity contribution in [3.05, 3.63) is 17.4 Å². The third-order valence-corrected chi connectivity index (χ3v) is 1.89. The van der Waals surface area contributed by atoms with Crippen molar-refractivity contribution in [1.82, 2.24) is 9.97 Å². The van der Waals surface area contributed by atoms with E-state index in [0.29, 0.717) is 23.9 Å². The first-order valence-electron chi connectivity index (χ1n) is 4.06. The van der Waals surface area contributed by atoms with Gasteiger partial charge in [-0.2, -0.15) is 0 Å². The number of rotatable bonds is 4. The molecule has 1 rings (SSSR count). The first kappa shape index (κ1) is 11.2. The maximum absolute atomic E-state index is 11.2. The lowest BCUT2D eigenvalue weighted by Crippen LogP contribution is -2.13. The maximum atomic E-state index is 11.2. The lowest BCUT2D eigenvalue weighted by Gasteiger charge is -2.01. The van der Waals surface area contributed by atoms with Gasteiger partial charge in [0.05, 0.1) is 0 Å². The van der Waals surface area contributed by atoms with Gasteiger partial charge in [-0.15, -0.1) is 11.6 Å². The number of carbonyl (C=O) groups excluding carboxylic acids is 1. The van der Waals surface area contributed by atoms with Crippen LogP contribution < -0.4 is 5.32 Å². The van der Waals surface area contributed by atoms with Crippen molar-refractivity contribution in [3.8, 4) is 0 Å². The van der Waals surface area contributed by atoms with Gasteiger partial charge in [0.25, 0.3) is 0 Å². The predicted molar refractivity (Wildman–Crippen MR) is 55.6 cm³/mol. The Morgan fingerprint density at radius 2 is 2.36 bits per heavy atom. The summed E-state index contributed by atoms with van der Waals surface area (Å²) in [6.45, 7) is 0. The van der Waals surface area contributed by atoms with Crippen molar-refractivity contribution in [2.75, 3.05) is 11.2 Å². The number of hydrogen-bond donors (Lipinski definition) is 1. The second kappa shape index (κ2) is 5.78. The molecule has 0 bridgehead atoms. The largest absolute Gasteiger partial charge is 0.294 e. The number of carbonyl (C=O) groups is 1. The average molecular weight is 234 g/mol. The first-order chi connectivity index (χ1) is 6.72. The van der Waals surface area contributed by atoms with Gasteiger partial charge in [0, 0.05) is 18.5 Å². The van der Waals surface area contributed by atoms with Crippen LogP contribution >= 0.6 is 23.2 Å². The smallest absolute Gasteiger partial charge is 0.230 e. The Kier molecular flexibility index (Phi) is 4.62. The molecule has 1 aromatic rings. The summed E-state index contributed by atoms with van der Waals surface area (Å²) in [4.78, 5) is 18.8. The highest BCUT2D eigenvalue weighted by atomic mass is 35.5. The summed E-state index contributed by atoms with van der Waals surface area (Å²) in [7, 11) is 0. The zero-order valence-electron chi connectivity index (χ0n) is 7.33. The van der Waals surface area contributed by atoms with Crippen LogP contribution in [0.4, 0.5) is 5.95 Å². The van der Waals surface area contributed by atoms with Crippen LogP contribution in [0.5, 0.6) is 0 Å². The molecule has 0 spiro atoms. The van der Waals surface area contributed by atoms with E-state index in [2.05, 4.69) is 15.3 Å². The van der Waals surface area contributed by atoms with Crippen LogP contribution in [-0.4, -0.2) is 21.8 Å². The highest BCUT2D eigenvalue weighted by Gasteiger charge is 2.03. The van der Waals surface area contributed by atoms with E-state index >= 15 is 0 Å². The van der Waals surface area contributed by atoms with Crippen LogP contribution in [0, 0.1) is 0 Å². The number of aromatic nitrogens is 2. The molecule has 1 heterocycles. The van der Waals surface area contributed by atoms with Gasteiger partial charge >= 0.3 is 0 Å². The lowest BCUT2D eigenvalue weighted by molar-refractivity contribution is -0.116. The minimum atomic E-state index is -0.159. The van der Waals surface area contributed by atoms with Gasteiger partial charge in [0.15, 0.2) is 0 Å². The molecule has 1 N–H and O–H groups in total. The van der Waals surface area contributed by atoms with Crippen molar-refractivity contribution in [2.45, 2.75) is 12.8 Å². The summed E-state index contributed by atoms with van der Waals surface area (Å²) in [5.74, 6) is 0.522. The van der Waals surface area contributed by atoms with Gasteiger partial charge in [-0.05, 0) is 12.5 Å². The third kappa shape index (κ3) is 3.89. The van der Waals surface area contributed by atoms with E-state index in [1.165, 1.54) is 12.3 Å². The number of amides is 1. The molecular formula is C8H9Cl2N3O. The Balaban J connectivity index is 2.47. The van der Waals surface area contributed by atoms with Gasteiger partial charge in [0.1, 0.15) is 5.15 Å². The number of anilines is 1. The Labute approximate surface area is 91.6 Å². The molecule has 0 saturated heterocycles. The minimum absolute atomic E-state index is 0.159. The predicted octanol–water partition coefficient (Wildman–Crippen LogP) is 2.09. The molecule has 0 atom stereocenters. The second-order valence-corrected chi connectivity index (χ2v) is 3.31. The van der Waals surface area contributed by atoms with E-state index in [-0.39, 0.29) is 11.9 Å². The molecule has 0 aliphatic rings. The monoisotopic (exact) mass is 233 g/mol. The molecule has 0 radical (unpaired) electrons. The summed E-state index contributed by atoms with van der Waals surface area (Å²) in [5.41, 5.74) is 0. The zero-order chi connectivity index (χ0) is 10.4. The van der Waals surface area contributed by atoms with Crippen LogP contribution in [0.15, 0.2) is 12.3 Å². The SMILES string of the molecule is O=C(CCCCl)Nc1nccc(Cl)n1. The fraction of sp³-hybridized carbons (Fsp3) is 0.375. The summed E-state index contributed by atoms with van der Waals surface area (Å²) >= 11 is 11.1. The quantitative estimate of drug-likeness (QED) is 0.641. The van der Waals surface area contributed by atoms with E-state index in [1.54, 1.807) is 0 Å². The van der Waals surface area contributed by atoms with E-state index in [4.69, 9.17) is 23.2 Å². The number of nitrogens with one attached hydrogen (secondary N) is 1. The number of alkyl halides is 1. The molecule has 1 aromatic heterocycles. The fourth-order valence-corrected chi connectivity index (χ4v) is 1.08. The number of halogens is 2. The van der Waals surface area contributed by atoms with Crippen LogP contribution in [-0.2, 0) is 4.79 Å². The van der Waals surface area contributed by atoms with Gasteiger partial charge < -0.3 is 0 Å². The number of nitrogens with zero attached hydrogens (tertiary/aromatic N) is 2. The highest BCUT2D eigenvalue weighted by Crippen LogP contribution is 2.06. The summed E-state index contributed by atoms with van der Waals surface area (Å²) in [5, 5.41) is 2.81. The van der Waals surface area contributed by atoms with E-state index < -0.39 is 0 Å². The molecular weight excluding hydrogens is 225 g/mol.